The van der Waals surface area contributed by atoms with Crippen molar-refractivity contribution in [3.05, 3.63) is 16.1 Å². The van der Waals surface area contributed by atoms with Crippen LogP contribution < -0.4 is 10.6 Å². The second-order valence-corrected chi connectivity index (χ2v) is 5.35. The van der Waals surface area contributed by atoms with Crippen molar-refractivity contribution >= 4 is 23.3 Å². The van der Waals surface area contributed by atoms with Gasteiger partial charge in [-0.25, -0.2) is 14.6 Å². The number of rotatable bonds is 9. The van der Waals surface area contributed by atoms with E-state index in [0.29, 0.717) is 24.8 Å². The Morgan fingerprint density at radius 2 is 2.24 bits per heavy atom. The van der Waals surface area contributed by atoms with Gasteiger partial charge in [-0.15, -0.1) is 11.3 Å². The molecule has 118 valence electrons. The van der Waals surface area contributed by atoms with Gasteiger partial charge in [-0.2, -0.15) is 0 Å². The van der Waals surface area contributed by atoms with Crippen LogP contribution in [-0.4, -0.2) is 41.8 Å². The van der Waals surface area contributed by atoms with Crippen LogP contribution in [0.25, 0.3) is 0 Å². The van der Waals surface area contributed by atoms with E-state index in [1.54, 1.807) is 6.92 Å². The van der Waals surface area contributed by atoms with Crippen LogP contribution >= 0.6 is 11.3 Å². The van der Waals surface area contributed by atoms with Gasteiger partial charge in [0.15, 0.2) is 5.69 Å². The molecule has 3 N–H and O–H groups in total. The van der Waals surface area contributed by atoms with E-state index in [2.05, 4.69) is 22.5 Å². The molecule has 1 atom stereocenters. The summed E-state index contributed by atoms with van der Waals surface area (Å²) in [6.07, 6.45) is 2.09. The third-order valence-corrected chi connectivity index (χ3v) is 3.66. The first kappa shape index (κ1) is 17.4. The second kappa shape index (κ2) is 9.30. The number of unbranched alkanes of at least 4 members (excludes halogenated alkanes) is 1. The predicted molar refractivity (Wildman–Crippen MR) is 79.7 cm³/mol. The van der Waals surface area contributed by atoms with Crippen molar-refractivity contribution in [1.82, 2.24) is 15.6 Å². The molecule has 0 aliphatic rings. The van der Waals surface area contributed by atoms with Crippen LogP contribution in [0.4, 0.5) is 4.79 Å². The molecule has 0 aromatic carbocycles. The Bertz CT molecular complexity index is 464. The number of amides is 2. The molecule has 1 aromatic rings. The van der Waals surface area contributed by atoms with Gasteiger partial charge in [0.05, 0.1) is 12.6 Å². The third kappa shape index (κ3) is 6.54. The average Bonchev–Trinajstić information content (AvgIpc) is 2.92. The van der Waals surface area contributed by atoms with Crippen LogP contribution in [0.2, 0.25) is 0 Å². The Morgan fingerprint density at radius 3 is 2.86 bits per heavy atom. The summed E-state index contributed by atoms with van der Waals surface area (Å²) in [5.74, 6) is -1.07. The zero-order valence-corrected chi connectivity index (χ0v) is 13.0. The fourth-order valence-electron chi connectivity index (χ4n) is 1.48. The van der Waals surface area contributed by atoms with Gasteiger partial charge in [-0.05, 0) is 13.3 Å². The zero-order chi connectivity index (χ0) is 15.7. The van der Waals surface area contributed by atoms with E-state index in [4.69, 9.17) is 9.84 Å². The van der Waals surface area contributed by atoms with Crippen LogP contribution in [-0.2, 0) is 4.74 Å². The smallest absolute Gasteiger partial charge is 0.355 e. The predicted octanol–water partition coefficient (Wildman–Crippen LogP) is 2.02. The van der Waals surface area contributed by atoms with E-state index < -0.39 is 5.97 Å². The van der Waals surface area contributed by atoms with E-state index in [9.17, 15) is 9.59 Å². The number of nitrogens with one attached hydrogen (secondary N) is 2. The molecule has 1 aromatic heterocycles. The first-order valence-electron chi connectivity index (χ1n) is 6.85. The lowest BCUT2D eigenvalue weighted by Crippen LogP contribution is -2.38. The van der Waals surface area contributed by atoms with Gasteiger partial charge in [-0.1, -0.05) is 13.3 Å². The Morgan fingerprint density at radius 1 is 1.48 bits per heavy atom. The van der Waals surface area contributed by atoms with E-state index in [1.165, 1.54) is 16.7 Å². The highest BCUT2D eigenvalue weighted by Gasteiger charge is 2.15. The molecule has 0 saturated carbocycles. The monoisotopic (exact) mass is 315 g/mol. The molecule has 8 heteroatoms. The summed E-state index contributed by atoms with van der Waals surface area (Å²) < 4.78 is 5.33. The highest BCUT2D eigenvalue weighted by molar-refractivity contribution is 7.09. The number of aromatic carboxylic acids is 1. The molecule has 2 amide bonds. The number of carboxylic acid groups (broad SMARTS) is 1. The molecule has 0 saturated heterocycles. The summed E-state index contributed by atoms with van der Waals surface area (Å²) in [6.45, 7) is 5.45. The quantitative estimate of drug-likeness (QED) is 0.605. The van der Waals surface area contributed by atoms with Crippen LogP contribution in [0, 0.1) is 0 Å². The minimum atomic E-state index is -1.07. The molecule has 1 rings (SSSR count). The number of ether oxygens (including phenoxy) is 1. The standard InChI is InChI=1S/C13H21N3O4S/c1-3-4-6-20-7-5-14-13(19)15-9(2)11-16-10(8-21-11)12(17)18/h8-9H,3-7H2,1-2H3,(H,17,18)(H2,14,15,19). The van der Waals surface area contributed by atoms with Gasteiger partial charge in [0.2, 0.25) is 0 Å². The molecule has 0 radical (unpaired) electrons. The van der Waals surface area contributed by atoms with Crippen LogP contribution in [0.1, 0.15) is 48.2 Å². The Kier molecular flexibility index (Phi) is 7.70. The molecule has 0 fully saturated rings. The van der Waals surface area contributed by atoms with Crippen LogP contribution in [0.3, 0.4) is 0 Å². The zero-order valence-electron chi connectivity index (χ0n) is 12.2. The van der Waals surface area contributed by atoms with Gasteiger partial charge in [-0.3, -0.25) is 0 Å². The fraction of sp³-hybridized carbons (Fsp3) is 0.615. The van der Waals surface area contributed by atoms with Crippen molar-refractivity contribution in [2.45, 2.75) is 32.7 Å². The Labute approximate surface area is 127 Å². The van der Waals surface area contributed by atoms with Crippen molar-refractivity contribution in [3.8, 4) is 0 Å². The highest BCUT2D eigenvalue weighted by Crippen LogP contribution is 2.17. The van der Waals surface area contributed by atoms with Crippen molar-refractivity contribution in [2.24, 2.45) is 0 Å². The molecule has 0 aliphatic heterocycles. The molecule has 1 heterocycles. The van der Waals surface area contributed by atoms with E-state index in [1.807, 2.05) is 0 Å². The normalized spacial score (nSPS) is 11.9. The average molecular weight is 315 g/mol. The number of nitrogens with zero attached hydrogens (tertiary/aromatic N) is 1. The van der Waals surface area contributed by atoms with Crippen LogP contribution in [0.5, 0.6) is 0 Å². The maximum Gasteiger partial charge on any atom is 0.355 e. The minimum absolute atomic E-state index is 0.00613. The summed E-state index contributed by atoms with van der Waals surface area (Å²) in [6, 6.07) is -0.669. The topological polar surface area (TPSA) is 101 Å². The van der Waals surface area contributed by atoms with Gasteiger partial charge in [0, 0.05) is 18.5 Å². The fourth-order valence-corrected chi connectivity index (χ4v) is 2.28. The molecule has 0 bridgehead atoms. The Hall–Kier alpha value is -1.67. The number of thiazole rings is 1. The molecule has 0 aliphatic carbocycles. The van der Waals surface area contributed by atoms with E-state index >= 15 is 0 Å². The molecular formula is C13H21N3O4S. The largest absolute Gasteiger partial charge is 0.476 e. The summed E-state index contributed by atoms with van der Waals surface area (Å²) in [5, 5.41) is 16.2. The molecule has 21 heavy (non-hydrogen) atoms. The first-order valence-corrected chi connectivity index (χ1v) is 7.73. The lowest BCUT2D eigenvalue weighted by Gasteiger charge is -2.12. The number of hydrogen-bond donors (Lipinski definition) is 3. The number of carboxylic acids is 1. The van der Waals surface area contributed by atoms with Crippen LogP contribution in [0.15, 0.2) is 5.38 Å². The second-order valence-electron chi connectivity index (χ2n) is 4.46. The number of aromatic nitrogens is 1. The summed E-state index contributed by atoms with van der Waals surface area (Å²) >= 11 is 1.21. The first-order chi connectivity index (χ1) is 10.0. The molecule has 0 spiro atoms. The number of urea groups is 1. The number of carbonyl (C=O) groups excluding carboxylic acids is 1. The molecule has 1 unspecified atom stereocenters. The SMILES string of the molecule is CCCCOCCNC(=O)NC(C)c1nc(C(=O)O)cs1. The van der Waals surface area contributed by atoms with Gasteiger partial charge in [0.25, 0.3) is 0 Å². The maximum atomic E-state index is 11.6. The van der Waals surface area contributed by atoms with Gasteiger partial charge >= 0.3 is 12.0 Å². The number of hydrogen-bond acceptors (Lipinski definition) is 5. The van der Waals surface area contributed by atoms with Crippen molar-refractivity contribution in [1.29, 1.82) is 0 Å². The molecular weight excluding hydrogens is 294 g/mol. The van der Waals surface area contributed by atoms with Gasteiger partial charge in [0.1, 0.15) is 5.01 Å². The Balaban J connectivity index is 2.25. The lowest BCUT2D eigenvalue weighted by atomic mass is 10.3. The van der Waals surface area contributed by atoms with Gasteiger partial charge < -0.3 is 20.5 Å². The van der Waals surface area contributed by atoms with Crippen molar-refractivity contribution in [2.75, 3.05) is 19.8 Å². The summed E-state index contributed by atoms with van der Waals surface area (Å²) in [7, 11) is 0. The lowest BCUT2D eigenvalue weighted by molar-refractivity contribution is 0.0691. The summed E-state index contributed by atoms with van der Waals surface area (Å²) in [5.41, 5.74) is -0.00613. The van der Waals surface area contributed by atoms with Crippen molar-refractivity contribution in [3.63, 3.8) is 0 Å². The minimum Gasteiger partial charge on any atom is -0.476 e. The number of carbonyl (C=O) groups is 2. The van der Waals surface area contributed by atoms with E-state index in [0.717, 1.165) is 12.8 Å². The maximum absolute atomic E-state index is 11.6. The third-order valence-electron chi connectivity index (χ3n) is 2.63. The van der Waals surface area contributed by atoms with Crippen molar-refractivity contribution < 1.29 is 19.4 Å². The highest BCUT2D eigenvalue weighted by atomic mass is 32.1. The molecule has 7 nitrogen and oxygen atoms in total. The summed E-state index contributed by atoms with van der Waals surface area (Å²) in [4.78, 5) is 26.3. The van der Waals surface area contributed by atoms with E-state index in [-0.39, 0.29) is 17.8 Å².